The number of ether oxygens (including phenoxy) is 1. The summed E-state index contributed by atoms with van der Waals surface area (Å²) in [5, 5.41) is 18.7. The van der Waals surface area contributed by atoms with Gasteiger partial charge in [-0.1, -0.05) is 24.0 Å². The largest absolute Gasteiger partial charge is 0.481 e. The molecule has 1 aromatic rings. The monoisotopic (exact) mass is 532 g/mol. The number of piperidine rings is 1. The summed E-state index contributed by atoms with van der Waals surface area (Å²) < 4.78 is 6.94. The second-order valence-electron chi connectivity index (χ2n) is 8.39. The van der Waals surface area contributed by atoms with Crippen molar-refractivity contribution in [2.45, 2.75) is 46.6 Å². The number of carboxylic acids is 1. The smallest absolute Gasteiger partial charge is 0.309 e. The van der Waals surface area contributed by atoms with Crippen molar-refractivity contribution in [3.05, 3.63) is 31.9 Å². The first-order valence-corrected chi connectivity index (χ1v) is 12.9. The van der Waals surface area contributed by atoms with E-state index in [-0.39, 0.29) is 34.7 Å². The van der Waals surface area contributed by atoms with Crippen LogP contribution in [0.1, 0.15) is 49.8 Å². The van der Waals surface area contributed by atoms with E-state index in [0.717, 1.165) is 11.8 Å². The number of nitriles is 1. The average Bonchev–Trinajstić information content (AvgIpc) is 3.11. The van der Waals surface area contributed by atoms with E-state index in [1.165, 1.54) is 9.47 Å². The van der Waals surface area contributed by atoms with Gasteiger partial charge in [-0.3, -0.25) is 28.6 Å². The van der Waals surface area contributed by atoms with Gasteiger partial charge in [-0.05, 0) is 45.3 Å². The number of anilines is 1. The van der Waals surface area contributed by atoms with Gasteiger partial charge in [0.2, 0.25) is 0 Å². The fourth-order valence-electron chi connectivity index (χ4n) is 4.40. The highest BCUT2D eigenvalue weighted by atomic mass is 32.2. The number of aromatic nitrogens is 1. The van der Waals surface area contributed by atoms with Crippen LogP contribution in [0, 0.1) is 24.2 Å². The van der Waals surface area contributed by atoms with Crippen LogP contribution in [0.25, 0.3) is 6.08 Å². The number of carboxylic acid groups (broad SMARTS) is 1. The molecule has 2 aliphatic rings. The summed E-state index contributed by atoms with van der Waals surface area (Å²) in [6.45, 7) is 6.82. The molecule has 0 saturated carbocycles. The minimum absolute atomic E-state index is 0.00499. The number of rotatable bonds is 8. The zero-order valence-corrected chi connectivity index (χ0v) is 22.0. The third-order valence-corrected chi connectivity index (χ3v) is 7.65. The number of hydrogen-bond donors (Lipinski definition) is 1. The lowest BCUT2D eigenvalue weighted by molar-refractivity contribution is -0.148. The molecule has 0 bridgehead atoms. The van der Waals surface area contributed by atoms with Crippen molar-refractivity contribution in [3.8, 4) is 6.07 Å². The third kappa shape index (κ3) is 5.47. The third-order valence-electron chi connectivity index (χ3n) is 6.28. The van der Waals surface area contributed by atoms with Gasteiger partial charge in [-0.2, -0.15) is 5.26 Å². The maximum atomic E-state index is 13.1. The average molecular weight is 533 g/mol. The number of pyridine rings is 1. The molecule has 1 aromatic heterocycles. The molecule has 0 atom stereocenters. The van der Waals surface area contributed by atoms with E-state index >= 15 is 0 Å². The van der Waals surface area contributed by atoms with E-state index in [1.807, 2.05) is 17.9 Å². The molecule has 3 rings (SSSR count). The fourth-order valence-corrected chi connectivity index (χ4v) is 5.69. The first-order valence-electron chi connectivity index (χ1n) is 11.7. The second-order valence-corrected chi connectivity index (χ2v) is 10.1. The van der Waals surface area contributed by atoms with Gasteiger partial charge >= 0.3 is 11.9 Å². The predicted molar refractivity (Wildman–Crippen MR) is 140 cm³/mol. The molecule has 2 aliphatic heterocycles. The Kier molecular flexibility index (Phi) is 8.92. The Labute approximate surface area is 218 Å². The van der Waals surface area contributed by atoms with Crippen LogP contribution in [0.2, 0.25) is 0 Å². The number of nitrogens with zero attached hydrogens (tertiary/aromatic N) is 4. The summed E-state index contributed by atoms with van der Waals surface area (Å²) in [6, 6.07) is 2.00. The predicted octanol–water partition coefficient (Wildman–Crippen LogP) is 2.50. The van der Waals surface area contributed by atoms with Gasteiger partial charge in [-0.15, -0.1) is 0 Å². The molecule has 0 aliphatic carbocycles. The minimum Gasteiger partial charge on any atom is -0.481 e. The lowest BCUT2D eigenvalue weighted by Crippen LogP contribution is -2.41. The molecule has 2 saturated heterocycles. The van der Waals surface area contributed by atoms with Crippen LogP contribution in [-0.4, -0.2) is 63.0 Å². The van der Waals surface area contributed by atoms with E-state index in [4.69, 9.17) is 22.1 Å². The molecule has 192 valence electrons. The molecule has 0 radical (unpaired) electrons. The summed E-state index contributed by atoms with van der Waals surface area (Å²) in [5.41, 5.74) is 0.590. The van der Waals surface area contributed by atoms with Gasteiger partial charge < -0.3 is 14.7 Å². The van der Waals surface area contributed by atoms with Gasteiger partial charge in [0.1, 0.15) is 21.8 Å². The molecular formula is C24H28N4O6S2. The van der Waals surface area contributed by atoms with Crippen molar-refractivity contribution < 1.29 is 24.2 Å². The number of amides is 1. The van der Waals surface area contributed by atoms with Crippen LogP contribution < -0.4 is 10.5 Å². The van der Waals surface area contributed by atoms with Crippen molar-refractivity contribution in [1.82, 2.24) is 9.47 Å². The van der Waals surface area contributed by atoms with Crippen molar-refractivity contribution in [1.29, 1.82) is 5.26 Å². The Hall–Kier alpha value is -3.17. The van der Waals surface area contributed by atoms with E-state index in [0.29, 0.717) is 60.9 Å². The van der Waals surface area contributed by atoms with Gasteiger partial charge in [0, 0.05) is 31.7 Å². The molecule has 12 heteroatoms. The second kappa shape index (κ2) is 11.7. The topological polar surface area (TPSA) is 133 Å². The van der Waals surface area contributed by atoms with E-state index in [1.54, 1.807) is 19.9 Å². The van der Waals surface area contributed by atoms with E-state index < -0.39 is 17.4 Å². The Morgan fingerprint density at radius 1 is 1.28 bits per heavy atom. The summed E-state index contributed by atoms with van der Waals surface area (Å²) in [7, 11) is 0. The molecule has 10 nitrogen and oxygen atoms in total. The fraction of sp³-hybridized carbons (Fsp3) is 0.500. The number of aliphatic carboxylic acids is 1. The summed E-state index contributed by atoms with van der Waals surface area (Å²) >= 11 is 6.36. The molecule has 0 aromatic carbocycles. The Balaban J connectivity index is 2.06. The minimum atomic E-state index is -1.04. The standard InChI is InChI=1S/C24H28N4O6S2/c1-4-27-20(26-9-6-15(7-10-26)23(33)34-5-2)16(14(3)17(13-25)21(27)31)12-18-22(32)28(24(35)36-18)11-8-19(29)30/h12,15H,4-11H2,1-3H3,(H,29,30)/b18-12-. The zero-order chi connectivity index (χ0) is 26.6. The number of hydrogen-bond acceptors (Lipinski definition) is 9. The quantitative estimate of drug-likeness (QED) is 0.302. The van der Waals surface area contributed by atoms with Crippen LogP contribution in [0.3, 0.4) is 0 Å². The van der Waals surface area contributed by atoms with Gasteiger partial charge in [0.05, 0.1) is 23.9 Å². The van der Waals surface area contributed by atoms with Gasteiger partial charge in [0.25, 0.3) is 11.5 Å². The Morgan fingerprint density at radius 3 is 2.50 bits per heavy atom. The van der Waals surface area contributed by atoms with Crippen molar-refractivity contribution in [2.24, 2.45) is 5.92 Å². The van der Waals surface area contributed by atoms with Gasteiger partial charge in [-0.25, -0.2) is 0 Å². The van der Waals surface area contributed by atoms with E-state index in [2.05, 4.69) is 0 Å². The van der Waals surface area contributed by atoms with Crippen LogP contribution in [-0.2, 0) is 25.7 Å². The summed E-state index contributed by atoms with van der Waals surface area (Å²) in [5.74, 6) is -1.32. The van der Waals surface area contributed by atoms with Gasteiger partial charge in [0.15, 0.2) is 0 Å². The maximum Gasteiger partial charge on any atom is 0.309 e. The molecule has 2 fully saturated rings. The first-order chi connectivity index (χ1) is 17.1. The van der Waals surface area contributed by atoms with Crippen molar-refractivity contribution in [3.63, 3.8) is 0 Å². The van der Waals surface area contributed by atoms with Crippen LogP contribution in [0.4, 0.5) is 5.82 Å². The molecule has 1 N–H and O–H groups in total. The number of carbonyl (C=O) groups excluding carboxylic acids is 2. The first kappa shape index (κ1) is 27.4. The Morgan fingerprint density at radius 2 is 1.94 bits per heavy atom. The molecule has 36 heavy (non-hydrogen) atoms. The molecular weight excluding hydrogens is 504 g/mol. The molecule has 0 spiro atoms. The lowest BCUT2D eigenvalue weighted by Gasteiger charge is -2.35. The van der Waals surface area contributed by atoms with E-state index in [9.17, 15) is 24.4 Å². The number of esters is 1. The summed E-state index contributed by atoms with van der Waals surface area (Å²) in [4.78, 5) is 52.9. The van der Waals surface area contributed by atoms with Crippen LogP contribution >= 0.6 is 24.0 Å². The lowest BCUT2D eigenvalue weighted by atomic mass is 9.95. The maximum absolute atomic E-state index is 13.1. The number of thiocarbonyl (C=S) groups is 1. The van der Waals surface area contributed by atoms with Crippen molar-refractivity contribution in [2.75, 3.05) is 31.1 Å². The molecule has 0 unspecified atom stereocenters. The Bertz CT molecular complexity index is 1220. The zero-order valence-electron chi connectivity index (χ0n) is 20.4. The number of carbonyl (C=O) groups is 3. The molecule has 1 amide bonds. The number of thioether (sulfide) groups is 1. The molecule has 3 heterocycles. The normalized spacial score (nSPS) is 17.6. The highest BCUT2D eigenvalue weighted by Gasteiger charge is 2.34. The van der Waals surface area contributed by atoms with Crippen LogP contribution in [0.15, 0.2) is 9.70 Å². The van der Waals surface area contributed by atoms with Crippen LogP contribution in [0.5, 0.6) is 0 Å². The summed E-state index contributed by atoms with van der Waals surface area (Å²) in [6.07, 6.45) is 2.49. The highest BCUT2D eigenvalue weighted by Crippen LogP contribution is 2.36. The SMILES string of the molecule is CCOC(=O)C1CCN(c2c(/C=C3\SC(=S)N(CCC(=O)O)C3=O)c(C)c(C#N)c(=O)n2CC)CC1. The highest BCUT2D eigenvalue weighted by molar-refractivity contribution is 8.26. The van der Waals surface area contributed by atoms with Crippen molar-refractivity contribution >= 4 is 58.0 Å².